The molecule has 0 radical (unpaired) electrons. The highest BCUT2D eigenvalue weighted by Gasteiger charge is 2.31. The highest BCUT2D eigenvalue weighted by molar-refractivity contribution is 5.93. The predicted octanol–water partition coefficient (Wildman–Crippen LogP) is 3.16. The number of amides is 2. The molecule has 0 saturated carbocycles. The minimum Gasteiger partial charge on any atom is -0.444 e. The van der Waals surface area contributed by atoms with Gasteiger partial charge in [-0.1, -0.05) is 0 Å². The van der Waals surface area contributed by atoms with E-state index < -0.39 is 5.60 Å². The monoisotopic (exact) mass is 385 g/mol. The van der Waals surface area contributed by atoms with Crippen LogP contribution in [-0.4, -0.2) is 50.1 Å². The molecule has 1 aliphatic heterocycles. The third-order valence-electron chi connectivity index (χ3n) is 4.53. The SMILES string of the molecule is Cc1nccn1-c1ccc(NC(=O)C2CCCN(C(=O)OC(C)(C)C)C2)cn1. The van der Waals surface area contributed by atoms with Crippen molar-refractivity contribution in [1.29, 1.82) is 0 Å². The van der Waals surface area contributed by atoms with Gasteiger partial charge in [0.2, 0.25) is 5.91 Å². The van der Waals surface area contributed by atoms with Gasteiger partial charge in [0.05, 0.1) is 17.8 Å². The van der Waals surface area contributed by atoms with Crippen molar-refractivity contribution < 1.29 is 14.3 Å². The Morgan fingerprint density at radius 2 is 2.04 bits per heavy atom. The van der Waals surface area contributed by atoms with Gasteiger partial charge in [0, 0.05) is 25.5 Å². The lowest BCUT2D eigenvalue weighted by atomic mass is 9.97. The van der Waals surface area contributed by atoms with E-state index in [2.05, 4.69) is 15.3 Å². The van der Waals surface area contributed by atoms with Crippen molar-refractivity contribution in [2.45, 2.75) is 46.1 Å². The number of piperidine rings is 1. The number of pyridine rings is 1. The molecule has 2 amide bonds. The summed E-state index contributed by atoms with van der Waals surface area (Å²) < 4.78 is 7.29. The zero-order valence-corrected chi connectivity index (χ0v) is 16.8. The van der Waals surface area contributed by atoms with E-state index in [9.17, 15) is 9.59 Å². The Kier molecular flexibility index (Phi) is 5.67. The molecular formula is C20H27N5O3. The van der Waals surface area contributed by atoms with Gasteiger partial charge >= 0.3 is 6.09 Å². The van der Waals surface area contributed by atoms with Crippen LogP contribution in [0.15, 0.2) is 30.7 Å². The molecule has 1 fully saturated rings. The Morgan fingerprint density at radius 3 is 2.64 bits per heavy atom. The Bertz CT molecular complexity index is 838. The maximum absolute atomic E-state index is 12.7. The number of carbonyl (C=O) groups excluding carboxylic acids is 2. The summed E-state index contributed by atoms with van der Waals surface area (Å²) in [4.78, 5) is 35.1. The van der Waals surface area contributed by atoms with Crippen molar-refractivity contribution in [2.24, 2.45) is 5.92 Å². The van der Waals surface area contributed by atoms with E-state index in [1.54, 1.807) is 17.3 Å². The molecule has 3 rings (SSSR count). The summed E-state index contributed by atoms with van der Waals surface area (Å²) in [6.07, 6.45) is 6.32. The summed E-state index contributed by atoms with van der Waals surface area (Å²) in [5, 5.41) is 2.90. The molecule has 8 heteroatoms. The lowest BCUT2D eigenvalue weighted by Crippen LogP contribution is -2.45. The first-order valence-corrected chi connectivity index (χ1v) is 9.48. The number of hydrogen-bond acceptors (Lipinski definition) is 5. The first-order chi connectivity index (χ1) is 13.2. The maximum atomic E-state index is 12.7. The Labute approximate surface area is 164 Å². The van der Waals surface area contributed by atoms with Crippen molar-refractivity contribution in [3.05, 3.63) is 36.5 Å². The number of anilines is 1. The molecule has 150 valence electrons. The van der Waals surface area contributed by atoms with Gasteiger partial charge in [0.15, 0.2) is 0 Å². The van der Waals surface area contributed by atoms with Gasteiger partial charge in [-0.3, -0.25) is 9.36 Å². The molecule has 0 aromatic carbocycles. The fraction of sp³-hybridized carbons (Fsp3) is 0.500. The lowest BCUT2D eigenvalue weighted by molar-refractivity contribution is -0.121. The van der Waals surface area contributed by atoms with E-state index in [0.29, 0.717) is 18.8 Å². The van der Waals surface area contributed by atoms with Crippen molar-refractivity contribution in [1.82, 2.24) is 19.4 Å². The summed E-state index contributed by atoms with van der Waals surface area (Å²) in [6.45, 7) is 8.37. The molecule has 1 aliphatic rings. The van der Waals surface area contributed by atoms with Crippen LogP contribution in [0.5, 0.6) is 0 Å². The molecule has 0 spiro atoms. The van der Waals surface area contributed by atoms with E-state index in [4.69, 9.17) is 4.74 Å². The van der Waals surface area contributed by atoms with E-state index in [-0.39, 0.29) is 17.9 Å². The number of carbonyl (C=O) groups is 2. The maximum Gasteiger partial charge on any atom is 0.410 e. The number of aryl methyl sites for hydroxylation is 1. The standard InChI is InChI=1S/C20H27N5O3/c1-14-21-9-11-25(14)17-8-7-16(12-22-17)23-18(26)15-6-5-10-24(13-15)19(27)28-20(2,3)4/h7-9,11-12,15H,5-6,10,13H2,1-4H3,(H,23,26). The van der Waals surface area contributed by atoms with Crippen LogP contribution in [0.2, 0.25) is 0 Å². The summed E-state index contributed by atoms with van der Waals surface area (Å²) in [6, 6.07) is 3.65. The average molecular weight is 385 g/mol. The number of rotatable bonds is 3. The molecule has 1 N–H and O–H groups in total. The lowest BCUT2D eigenvalue weighted by Gasteiger charge is -2.33. The topological polar surface area (TPSA) is 89.4 Å². The number of hydrogen-bond donors (Lipinski definition) is 1. The largest absolute Gasteiger partial charge is 0.444 e. The van der Waals surface area contributed by atoms with Gasteiger partial charge in [0.1, 0.15) is 17.2 Å². The predicted molar refractivity (Wildman–Crippen MR) is 105 cm³/mol. The molecule has 1 saturated heterocycles. The normalized spacial score (nSPS) is 17.3. The van der Waals surface area contributed by atoms with E-state index in [1.807, 2.05) is 50.6 Å². The summed E-state index contributed by atoms with van der Waals surface area (Å²) in [7, 11) is 0. The molecule has 0 bridgehead atoms. The van der Waals surface area contributed by atoms with Gasteiger partial charge in [-0.25, -0.2) is 14.8 Å². The summed E-state index contributed by atoms with van der Waals surface area (Å²) >= 11 is 0. The Hall–Kier alpha value is -2.90. The van der Waals surface area contributed by atoms with Crippen LogP contribution in [0.3, 0.4) is 0 Å². The van der Waals surface area contributed by atoms with Crippen LogP contribution in [0.1, 0.15) is 39.4 Å². The van der Waals surface area contributed by atoms with E-state index in [0.717, 1.165) is 24.5 Å². The molecule has 28 heavy (non-hydrogen) atoms. The molecule has 2 aromatic heterocycles. The minimum absolute atomic E-state index is 0.110. The van der Waals surface area contributed by atoms with Crippen LogP contribution < -0.4 is 5.32 Å². The van der Waals surface area contributed by atoms with Gasteiger partial charge in [0.25, 0.3) is 0 Å². The number of ether oxygens (including phenoxy) is 1. The molecule has 0 aliphatic carbocycles. The third-order valence-corrected chi connectivity index (χ3v) is 4.53. The fourth-order valence-corrected chi connectivity index (χ4v) is 3.15. The summed E-state index contributed by atoms with van der Waals surface area (Å²) in [5.41, 5.74) is 0.0775. The number of nitrogens with zero attached hydrogens (tertiary/aromatic N) is 4. The minimum atomic E-state index is -0.548. The molecule has 3 heterocycles. The summed E-state index contributed by atoms with van der Waals surface area (Å²) in [5.74, 6) is 1.20. The van der Waals surface area contributed by atoms with Crippen LogP contribution in [0.4, 0.5) is 10.5 Å². The van der Waals surface area contributed by atoms with Crippen LogP contribution in [-0.2, 0) is 9.53 Å². The van der Waals surface area contributed by atoms with E-state index >= 15 is 0 Å². The van der Waals surface area contributed by atoms with Crippen molar-refractivity contribution in [3.8, 4) is 5.82 Å². The first-order valence-electron chi connectivity index (χ1n) is 9.48. The third kappa shape index (κ3) is 4.88. The second kappa shape index (κ2) is 8.00. The molecule has 8 nitrogen and oxygen atoms in total. The van der Waals surface area contributed by atoms with Crippen LogP contribution in [0, 0.1) is 12.8 Å². The highest BCUT2D eigenvalue weighted by Crippen LogP contribution is 2.21. The number of nitrogens with one attached hydrogen (secondary N) is 1. The molecule has 1 atom stereocenters. The highest BCUT2D eigenvalue weighted by atomic mass is 16.6. The van der Waals surface area contributed by atoms with Crippen molar-refractivity contribution in [2.75, 3.05) is 18.4 Å². The number of likely N-dealkylation sites (tertiary alicyclic amines) is 1. The van der Waals surface area contributed by atoms with Crippen LogP contribution >= 0.6 is 0 Å². The van der Waals surface area contributed by atoms with Gasteiger partial charge in [-0.15, -0.1) is 0 Å². The van der Waals surface area contributed by atoms with Crippen molar-refractivity contribution >= 4 is 17.7 Å². The molecule has 1 unspecified atom stereocenters. The average Bonchev–Trinajstić information content (AvgIpc) is 3.07. The van der Waals surface area contributed by atoms with Crippen LogP contribution in [0.25, 0.3) is 5.82 Å². The first kappa shape index (κ1) is 19.9. The second-order valence-corrected chi connectivity index (χ2v) is 8.00. The smallest absolute Gasteiger partial charge is 0.410 e. The Morgan fingerprint density at radius 1 is 1.25 bits per heavy atom. The second-order valence-electron chi connectivity index (χ2n) is 8.00. The Balaban J connectivity index is 1.59. The quantitative estimate of drug-likeness (QED) is 0.877. The van der Waals surface area contributed by atoms with Gasteiger partial charge in [-0.05, 0) is 52.7 Å². The molecule has 2 aromatic rings. The van der Waals surface area contributed by atoms with Crippen molar-refractivity contribution in [3.63, 3.8) is 0 Å². The number of aromatic nitrogens is 3. The van der Waals surface area contributed by atoms with Gasteiger partial charge < -0.3 is 15.0 Å². The number of imidazole rings is 1. The zero-order chi connectivity index (χ0) is 20.3. The van der Waals surface area contributed by atoms with E-state index in [1.165, 1.54) is 0 Å². The zero-order valence-electron chi connectivity index (χ0n) is 16.8. The van der Waals surface area contributed by atoms with Gasteiger partial charge in [-0.2, -0.15) is 0 Å². The molecular weight excluding hydrogens is 358 g/mol. The fourth-order valence-electron chi connectivity index (χ4n) is 3.15.